The van der Waals surface area contributed by atoms with Crippen LogP contribution in [0.5, 0.6) is 11.5 Å². The molecule has 1 aliphatic rings. The van der Waals surface area contributed by atoms with Gasteiger partial charge in [0.15, 0.2) is 11.5 Å². The van der Waals surface area contributed by atoms with Gasteiger partial charge in [0.25, 0.3) is 0 Å². The fourth-order valence-electron chi connectivity index (χ4n) is 3.89. The van der Waals surface area contributed by atoms with Crippen LogP contribution < -0.4 is 19.8 Å². The number of carbonyl (C=O) groups is 1. The van der Waals surface area contributed by atoms with Crippen molar-refractivity contribution in [1.29, 1.82) is 0 Å². The molecule has 4 aromatic rings. The molecule has 2 heterocycles. The maximum absolute atomic E-state index is 12.7. The minimum atomic E-state index is -4.01. The first kappa shape index (κ1) is 22.9. The Morgan fingerprint density at radius 2 is 1.77 bits per heavy atom. The van der Waals surface area contributed by atoms with Crippen molar-refractivity contribution < 1.29 is 31.8 Å². The van der Waals surface area contributed by atoms with E-state index in [1.165, 1.54) is 24.3 Å². The summed E-state index contributed by atoms with van der Waals surface area (Å²) >= 11 is 0. The molecule has 1 N–H and O–H groups in total. The maximum atomic E-state index is 12.7. The van der Waals surface area contributed by atoms with Crippen LogP contribution in [0.25, 0.3) is 21.7 Å². The number of esters is 1. The first-order valence-electron chi connectivity index (χ1n) is 10.9. The molecule has 9 nitrogen and oxygen atoms in total. The molecule has 1 aromatic heterocycles. The van der Waals surface area contributed by atoms with Gasteiger partial charge in [-0.2, -0.15) is 4.72 Å². The van der Waals surface area contributed by atoms with Gasteiger partial charge in [-0.15, -0.1) is 0 Å². The van der Waals surface area contributed by atoms with Gasteiger partial charge < -0.3 is 18.6 Å². The number of hydrogen-bond acceptors (Lipinski definition) is 8. The monoisotopic (exact) mass is 495 g/mol. The van der Waals surface area contributed by atoms with Gasteiger partial charge in [-0.1, -0.05) is 30.3 Å². The van der Waals surface area contributed by atoms with Crippen LogP contribution in [-0.2, 0) is 26.2 Å². The molecule has 0 amide bonds. The zero-order valence-electron chi connectivity index (χ0n) is 18.5. The molecule has 0 saturated carbocycles. The number of nitrogens with one attached hydrogen (secondary N) is 1. The van der Waals surface area contributed by atoms with E-state index < -0.39 is 28.2 Å². The Kier molecular flexibility index (Phi) is 6.14. The van der Waals surface area contributed by atoms with E-state index in [1.807, 2.05) is 30.3 Å². The van der Waals surface area contributed by atoms with Crippen LogP contribution in [0, 0.1) is 0 Å². The largest absolute Gasteiger partial charge is 0.490 e. The summed E-state index contributed by atoms with van der Waals surface area (Å²) in [4.78, 5) is 24.3. The molecule has 5 rings (SSSR count). The third-order valence-corrected chi connectivity index (χ3v) is 6.94. The SMILES string of the molecule is O=C(CNS(=O)(=O)c1ccc2c(c1)OCCCO2)OCc1cc(=O)oc2ccc3ccccc3c12. The van der Waals surface area contributed by atoms with E-state index in [4.69, 9.17) is 18.6 Å². The van der Waals surface area contributed by atoms with Crippen molar-refractivity contribution in [3.05, 3.63) is 76.6 Å². The molecule has 0 bridgehead atoms. The second kappa shape index (κ2) is 9.40. The highest BCUT2D eigenvalue weighted by Crippen LogP contribution is 2.32. The van der Waals surface area contributed by atoms with E-state index in [-0.39, 0.29) is 11.5 Å². The van der Waals surface area contributed by atoms with Crippen molar-refractivity contribution in [1.82, 2.24) is 4.72 Å². The van der Waals surface area contributed by atoms with Crippen molar-refractivity contribution in [2.24, 2.45) is 0 Å². The van der Waals surface area contributed by atoms with Crippen LogP contribution in [0.2, 0.25) is 0 Å². The van der Waals surface area contributed by atoms with Crippen LogP contribution in [0.3, 0.4) is 0 Å². The molecule has 0 aliphatic carbocycles. The summed E-state index contributed by atoms with van der Waals surface area (Å²) in [7, 11) is -4.01. The Labute approximate surface area is 200 Å². The van der Waals surface area contributed by atoms with E-state index >= 15 is 0 Å². The zero-order valence-corrected chi connectivity index (χ0v) is 19.3. The molecular formula is C25H21NO8S. The van der Waals surface area contributed by atoms with Crippen molar-refractivity contribution in [3.8, 4) is 11.5 Å². The first-order chi connectivity index (χ1) is 16.9. The Morgan fingerprint density at radius 1 is 0.971 bits per heavy atom. The van der Waals surface area contributed by atoms with E-state index in [1.54, 1.807) is 6.07 Å². The van der Waals surface area contributed by atoms with Gasteiger partial charge in [0.2, 0.25) is 10.0 Å². The zero-order chi connectivity index (χ0) is 24.4. The van der Waals surface area contributed by atoms with Crippen molar-refractivity contribution in [3.63, 3.8) is 0 Å². The standard InChI is InChI=1S/C25H21NO8S/c27-23-12-17(25-19-5-2-1-4-16(19)6-8-21(25)34-23)15-33-24(28)14-26-35(29,30)18-7-9-20-22(13-18)32-11-3-10-31-20/h1-2,4-9,12-13,26H,3,10-11,14-15H2. The predicted molar refractivity (Wildman–Crippen MR) is 127 cm³/mol. The molecular weight excluding hydrogens is 474 g/mol. The fraction of sp³-hybridized carbons (Fsp3) is 0.200. The Balaban J connectivity index is 1.30. The van der Waals surface area contributed by atoms with Crippen LogP contribution >= 0.6 is 0 Å². The number of carbonyl (C=O) groups excluding carboxylic acids is 1. The highest BCUT2D eigenvalue weighted by atomic mass is 32.2. The average Bonchev–Trinajstić information content (AvgIpc) is 3.10. The van der Waals surface area contributed by atoms with Crippen LogP contribution in [0.1, 0.15) is 12.0 Å². The first-order valence-corrected chi connectivity index (χ1v) is 12.4. The molecule has 1 aliphatic heterocycles. The van der Waals surface area contributed by atoms with Crippen molar-refractivity contribution in [2.45, 2.75) is 17.9 Å². The van der Waals surface area contributed by atoms with Gasteiger partial charge in [-0.05, 0) is 29.0 Å². The van der Waals surface area contributed by atoms with Gasteiger partial charge in [0.05, 0.1) is 18.1 Å². The topological polar surface area (TPSA) is 121 Å². The second-order valence-electron chi connectivity index (χ2n) is 7.89. The van der Waals surface area contributed by atoms with E-state index in [0.29, 0.717) is 47.7 Å². The Hall–Kier alpha value is -3.89. The molecule has 0 saturated heterocycles. The van der Waals surface area contributed by atoms with E-state index in [9.17, 15) is 18.0 Å². The normalized spacial score (nSPS) is 13.5. The van der Waals surface area contributed by atoms with Crippen LogP contribution in [0.15, 0.2) is 74.8 Å². The molecule has 0 atom stereocenters. The second-order valence-corrected chi connectivity index (χ2v) is 9.66. The molecule has 0 spiro atoms. The summed E-state index contributed by atoms with van der Waals surface area (Å²) in [5, 5.41) is 2.43. The van der Waals surface area contributed by atoms with Gasteiger partial charge in [-0.3, -0.25) is 4.79 Å². The summed E-state index contributed by atoms with van der Waals surface area (Å²) < 4.78 is 49.2. The lowest BCUT2D eigenvalue weighted by molar-refractivity contribution is -0.143. The summed E-state index contributed by atoms with van der Waals surface area (Å²) in [6, 6.07) is 16.6. The molecule has 10 heteroatoms. The Morgan fingerprint density at radius 3 is 2.63 bits per heavy atom. The van der Waals surface area contributed by atoms with Gasteiger partial charge >= 0.3 is 11.6 Å². The number of sulfonamides is 1. The number of rotatable bonds is 6. The lowest BCUT2D eigenvalue weighted by Gasteiger charge is -2.11. The average molecular weight is 496 g/mol. The minimum absolute atomic E-state index is 0.0623. The number of fused-ring (bicyclic) bond motifs is 4. The third-order valence-electron chi connectivity index (χ3n) is 5.54. The number of hydrogen-bond donors (Lipinski definition) is 1. The van der Waals surface area contributed by atoms with Crippen LogP contribution in [-0.4, -0.2) is 34.1 Å². The number of ether oxygens (including phenoxy) is 3. The summed E-state index contributed by atoms with van der Waals surface area (Å²) in [5.41, 5.74) is 0.262. The predicted octanol–water partition coefficient (Wildman–Crippen LogP) is 3.13. The lowest BCUT2D eigenvalue weighted by Crippen LogP contribution is -2.30. The lowest BCUT2D eigenvalue weighted by atomic mass is 10.0. The maximum Gasteiger partial charge on any atom is 0.336 e. The van der Waals surface area contributed by atoms with Gasteiger partial charge in [0, 0.05) is 29.5 Å². The third kappa shape index (κ3) is 4.84. The molecule has 35 heavy (non-hydrogen) atoms. The van der Waals surface area contributed by atoms with E-state index in [2.05, 4.69) is 4.72 Å². The summed E-state index contributed by atoms with van der Waals surface area (Å²) in [6.07, 6.45) is 0.690. The molecule has 0 unspecified atom stereocenters. The minimum Gasteiger partial charge on any atom is -0.490 e. The highest BCUT2D eigenvalue weighted by Gasteiger charge is 2.20. The quantitative estimate of drug-likeness (QED) is 0.246. The van der Waals surface area contributed by atoms with Gasteiger partial charge in [-0.25, -0.2) is 13.2 Å². The molecule has 0 fully saturated rings. The van der Waals surface area contributed by atoms with Crippen molar-refractivity contribution in [2.75, 3.05) is 19.8 Å². The smallest absolute Gasteiger partial charge is 0.336 e. The van der Waals surface area contributed by atoms with Crippen molar-refractivity contribution >= 4 is 37.7 Å². The molecule has 0 radical (unpaired) electrons. The highest BCUT2D eigenvalue weighted by molar-refractivity contribution is 7.89. The Bertz CT molecular complexity index is 1590. The van der Waals surface area contributed by atoms with Crippen LogP contribution in [0.4, 0.5) is 0 Å². The summed E-state index contributed by atoms with van der Waals surface area (Å²) in [6.45, 7) is 0.0905. The summed E-state index contributed by atoms with van der Waals surface area (Å²) in [5.74, 6) is -0.00698. The fourth-order valence-corrected chi connectivity index (χ4v) is 4.88. The molecule has 180 valence electrons. The van der Waals surface area contributed by atoms with Gasteiger partial charge in [0.1, 0.15) is 18.7 Å². The van der Waals surface area contributed by atoms with E-state index in [0.717, 1.165) is 10.8 Å². The molecule has 3 aromatic carbocycles. The number of benzene rings is 3.